The van der Waals surface area contributed by atoms with Crippen molar-refractivity contribution in [1.82, 2.24) is 14.9 Å². The van der Waals surface area contributed by atoms with Crippen molar-refractivity contribution in [3.8, 4) is 0 Å². The summed E-state index contributed by atoms with van der Waals surface area (Å²) in [5.74, 6) is -0.997. The molecule has 6 nitrogen and oxygen atoms in total. The first-order chi connectivity index (χ1) is 9.59. The standard InChI is InChI=1S/C14H21N3O3/c1-17-9-8-15-12(17)6-7-16-13(18)10-4-2-3-5-11(10)14(19)20/h8-11H,2-7H2,1H3,(H,16,18)(H,19,20)/t10-,11+/m1/s1. The maximum absolute atomic E-state index is 12.1. The topological polar surface area (TPSA) is 84.2 Å². The molecule has 0 bridgehead atoms. The first kappa shape index (κ1) is 14.6. The minimum atomic E-state index is -0.853. The average Bonchev–Trinajstić information content (AvgIpc) is 2.84. The number of carbonyl (C=O) groups is 2. The monoisotopic (exact) mass is 279 g/mol. The number of nitrogens with zero attached hydrogens (tertiary/aromatic N) is 2. The van der Waals surface area contributed by atoms with Gasteiger partial charge in [-0.3, -0.25) is 9.59 Å². The molecule has 1 amide bonds. The Morgan fingerprint density at radius 2 is 2.10 bits per heavy atom. The predicted molar refractivity (Wildman–Crippen MR) is 73.0 cm³/mol. The number of rotatable bonds is 5. The molecule has 110 valence electrons. The van der Waals surface area contributed by atoms with Crippen molar-refractivity contribution in [2.24, 2.45) is 18.9 Å². The van der Waals surface area contributed by atoms with Gasteiger partial charge in [0.1, 0.15) is 5.82 Å². The van der Waals surface area contributed by atoms with E-state index in [1.807, 2.05) is 17.8 Å². The van der Waals surface area contributed by atoms with Crippen LogP contribution in [0, 0.1) is 11.8 Å². The minimum Gasteiger partial charge on any atom is -0.481 e. The summed E-state index contributed by atoms with van der Waals surface area (Å²) in [6.07, 6.45) is 7.34. The number of aryl methyl sites for hydroxylation is 1. The van der Waals surface area contributed by atoms with Crippen LogP contribution in [0.4, 0.5) is 0 Å². The zero-order chi connectivity index (χ0) is 14.5. The van der Waals surface area contributed by atoms with Crippen LogP contribution in [0.5, 0.6) is 0 Å². The van der Waals surface area contributed by atoms with E-state index in [-0.39, 0.29) is 11.8 Å². The maximum Gasteiger partial charge on any atom is 0.307 e. The van der Waals surface area contributed by atoms with E-state index in [0.29, 0.717) is 25.8 Å². The Balaban J connectivity index is 1.84. The van der Waals surface area contributed by atoms with Gasteiger partial charge in [-0.05, 0) is 12.8 Å². The van der Waals surface area contributed by atoms with Crippen LogP contribution in [-0.2, 0) is 23.1 Å². The van der Waals surface area contributed by atoms with Gasteiger partial charge in [0.15, 0.2) is 0 Å². The van der Waals surface area contributed by atoms with Crippen LogP contribution in [0.15, 0.2) is 12.4 Å². The molecule has 2 N–H and O–H groups in total. The Morgan fingerprint density at radius 1 is 1.40 bits per heavy atom. The largest absolute Gasteiger partial charge is 0.481 e. The normalized spacial score (nSPS) is 22.4. The highest BCUT2D eigenvalue weighted by Crippen LogP contribution is 2.30. The molecule has 1 aromatic heterocycles. The number of carboxylic acids is 1. The van der Waals surface area contributed by atoms with Crippen molar-refractivity contribution < 1.29 is 14.7 Å². The van der Waals surface area contributed by atoms with Crippen LogP contribution in [0.2, 0.25) is 0 Å². The van der Waals surface area contributed by atoms with E-state index in [4.69, 9.17) is 0 Å². The average molecular weight is 279 g/mol. The van der Waals surface area contributed by atoms with Crippen molar-refractivity contribution in [2.45, 2.75) is 32.1 Å². The second kappa shape index (κ2) is 6.54. The molecule has 0 spiro atoms. The predicted octanol–water partition coefficient (Wildman–Crippen LogP) is 0.970. The van der Waals surface area contributed by atoms with E-state index in [1.54, 1.807) is 6.20 Å². The Kier molecular flexibility index (Phi) is 4.76. The fourth-order valence-electron chi connectivity index (χ4n) is 2.81. The van der Waals surface area contributed by atoms with Crippen molar-refractivity contribution in [3.63, 3.8) is 0 Å². The molecule has 2 atom stereocenters. The number of imidazole rings is 1. The van der Waals surface area contributed by atoms with Gasteiger partial charge in [-0.2, -0.15) is 0 Å². The molecule has 1 aromatic rings. The summed E-state index contributed by atoms with van der Waals surface area (Å²) in [4.78, 5) is 27.5. The van der Waals surface area contributed by atoms with Gasteiger partial charge in [0, 0.05) is 32.4 Å². The molecule has 1 aliphatic carbocycles. The van der Waals surface area contributed by atoms with Gasteiger partial charge in [0.05, 0.1) is 11.8 Å². The van der Waals surface area contributed by atoms with Crippen molar-refractivity contribution in [1.29, 1.82) is 0 Å². The summed E-state index contributed by atoms with van der Waals surface area (Å²) in [5.41, 5.74) is 0. The lowest BCUT2D eigenvalue weighted by molar-refractivity contribution is -0.148. The van der Waals surface area contributed by atoms with Crippen LogP contribution < -0.4 is 5.32 Å². The zero-order valence-corrected chi connectivity index (χ0v) is 11.7. The lowest BCUT2D eigenvalue weighted by atomic mass is 9.78. The molecule has 0 unspecified atom stereocenters. The summed E-state index contributed by atoms with van der Waals surface area (Å²) >= 11 is 0. The quantitative estimate of drug-likeness (QED) is 0.841. The molecule has 1 heterocycles. The van der Waals surface area contributed by atoms with Crippen LogP contribution >= 0.6 is 0 Å². The first-order valence-corrected chi connectivity index (χ1v) is 7.06. The third-order valence-electron chi connectivity index (χ3n) is 3.99. The van der Waals surface area contributed by atoms with Crippen LogP contribution in [0.25, 0.3) is 0 Å². The van der Waals surface area contributed by atoms with Crippen molar-refractivity contribution >= 4 is 11.9 Å². The molecular formula is C14H21N3O3. The summed E-state index contributed by atoms with van der Waals surface area (Å²) < 4.78 is 1.91. The highest BCUT2D eigenvalue weighted by molar-refractivity contribution is 5.84. The third-order valence-corrected chi connectivity index (χ3v) is 3.99. The first-order valence-electron chi connectivity index (χ1n) is 7.06. The van der Waals surface area contributed by atoms with E-state index >= 15 is 0 Å². The van der Waals surface area contributed by atoms with Crippen LogP contribution in [-0.4, -0.2) is 33.1 Å². The number of nitrogens with one attached hydrogen (secondary N) is 1. The number of aromatic nitrogens is 2. The number of hydrogen-bond donors (Lipinski definition) is 2. The Bertz CT molecular complexity index is 484. The van der Waals surface area contributed by atoms with E-state index in [0.717, 1.165) is 18.7 Å². The molecule has 20 heavy (non-hydrogen) atoms. The lowest BCUT2D eigenvalue weighted by Crippen LogP contribution is -2.40. The molecule has 1 saturated carbocycles. The van der Waals surface area contributed by atoms with E-state index in [9.17, 15) is 14.7 Å². The third kappa shape index (κ3) is 3.37. The summed E-state index contributed by atoms with van der Waals surface area (Å²) in [6.45, 7) is 0.493. The molecule has 0 aliphatic heterocycles. The molecule has 6 heteroatoms. The molecule has 2 rings (SSSR count). The Hall–Kier alpha value is -1.85. The van der Waals surface area contributed by atoms with Gasteiger partial charge in [-0.1, -0.05) is 12.8 Å². The van der Waals surface area contributed by atoms with Gasteiger partial charge < -0.3 is 15.0 Å². The lowest BCUT2D eigenvalue weighted by Gasteiger charge is -2.27. The molecule has 0 radical (unpaired) electrons. The van der Waals surface area contributed by atoms with Crippen LogP contribution in [0.1, 0.15) is 31.5 Å². The van der Waals surface area contributed by atoms with E-state index in [1.165, 1.54) is 0 Å². The highest BCUT2D eigenvalue weighted by Gasteiger charge is 2.35. The number of amides is 1. The van der Waals surface area contributed by atoms with E-state index in [2.05, 4.69) is 10.3 Å². The van der Waals surface area contributed by atoms with Gasteiger partial charge >= 0.3 is 5.97 Å². The SMILES string of the molecule is Cn1ccnc1CCNC(=O)[C@@H]1CCCC[C@@H]1C(=O)O. The van der Waals surface area contributed by atoms with Gasteiger partial charge in [0.25, 0.3) is 0 Å². The van der Waals surface area contributed by atoms with E-state index < -0.39 is 11.9 Å². The van der Waals surface area contributed by atoms with Crippen molar-refractivity contribution in [3.05, 3.63) is 18.2 Å². The Labute approximate surface area is 118 Å². The number of carboxylic acid groups (broad SMARTS) is 1. The fraction of sp³-hybridized carbons (Fsp3) is 0.643. The van der Waals surface area contributed by atoms with Gasteiger partial charge in [-0.15, -0.1) is 0 Å². The number of hydrogen-bond acceptors (Lipinski definition) is 3. The van der Waals surface area contributed by atoms with Crippen molar-refractivity contribution in [2.75, 3.05) is 6.54 Å². The van der Waals surface area contributed by atoms with Gasteiger partial charge in [0.2, 0.25) is 5.91 Å². The maximum atomic E-state index is 12.1. The molecule has 1 fully saturated rings. The molecule has 0 aromatic carbocycles. The molecule has 0 saturated heterocycles. The second-order valence-electron chi connectivity index (χ2n) is 5.33. The number of aliphatic carboxylic acids is 1. The highest BCUT2D eigenvalue weighted by atomic mass is 16.4. The smallest absolute Gasteiger partial charge is 0.307 e. The van der Waals surface area contributed by atoms with Crippen LogP contribution in [0.3, 0.4) is 0 Å². The Morgan fingerprint density at radius 3 is 2.70 bits per heavy atom. The minimum absolute atomic E-state index is 0.133. The fourth-order valence-corrected chi connectivity index (χ4v) is 2.81. The summed E-state index contributed by atoms with van der Waals surface area (Å²) in [6, 6.07) is 0. The second-order valence-corrected chi connectivity index (χ2v) is 5.33. The zero-order valence-electron chi connectivity index (χ0n) is 11.7. The van der Waals surface area contributed by atoms with Gasteiger partial charge in [-0.25, -0.2) is 4.98 Å². The molecule has 1 aliphatic rings. The summed E-state index contributed by atoms with van der Waals surface area (Å²) in [5, 5.41) is 12.0. The number of carbonyl (C=O) groups excluding carboxylic acids is 1. The summed E-state index contributed by atoms with van der Waals surface area (Å²) in [7, 11) is 1.91. The molecular weight excluding hydrogens is 258 g/mol.